The zero-order valence-electron chi connectivity index (χ0n) is 8.22. The van der Waals surface area contributed by atoms with Gasteiger partial charge < -0.3 is 4.52 Å². The minimum atomic E-state index is -2.94. The molecule has 0 radical (unpaired) electrons. The second-order valence-corrected chi connectivity index (χ2v) is 5.07. The van der Waals surface area contributed by atoms with Gasteiger partial charge in [-0.1, -0.05) is 30.4 Å². The monoisotopic (exact) mass is 224 g/mol. The predicted molar refractivity (Wildman–Crippen MR) is 59.8 cm³/mol. The molecule has 1 heterocycles. The van der Waals surface area contributed by atoms with Crippen LogP contribution in [0, 0.1) is 0 Å². The number of hydrogen-bond acceptors (Lipinski definition) is 2. The summed E-state index contributed by atoms with van der Waals surface area (Å²) in [5.74, 6) is 0.600. The van der Waals surface area contributed by atoms with Crippen molar-refractivity contribution in [2.45, 2.75) is 0 Å². The van der Waals surface area contributed by atoms with Gasteiger partial charge in [0.05, 0.1) is 0 Å². The van der Waals surface area contributed by atoms with Crippen molar-refractivity contribution in [1.29, 1.82) is 0 Å². The average Bonchev–Trinajstić information content (AvgIpc) is 2.45. The summed E-state index contributed by atoms with van der Waals surface area (Å²) >= 11 is 0. The van der Waals surface area contributed by atoms with Crippen molar-refractivity contribution in [2.24, 2.45) is 0 Å². The molecule has 80 valence electrons. The van der Waals surface area contributed by atoms with Crippen LogP contribution in [0.4, 0.5) is 0 Å². The van der Waals surface area contributed by atoms with Gasteiger partial charge in [0.15, 0.2) is 0 Å². The summed E-state index contributed by atoms with van der Waals surface area (Å²) in [7, 11) is -2.94. The van der Waals surface area contributed by atoms with E-state index in [0.717, 1.165) is 0 Å². The molecule has 1 aliphatic rings. The van der Waals surface area contributed by atoms with Crippen LogP contribution in [0.1, 0.15) is 0 Å². The van der Waals surface area contributed by atoms with Crippen molar-refractivity contribution < 1.29 is 9.09 Å². The second-order valence-electron chi connectivity index (χ2n) is 3.15. The first kappa shape index (κ1) is 10.4. The molecular weight excluding hydrogens is 211 g/mol. The molecule has 0 bridgehead atoms. The van der Waals surface area contributed by atoms with Crippen molar-refractivity contribution in [3.8, 4) is 5.75 Å². The number of benzene rings is 1. The topological polar surface area (TPSA) is 50.4 Å². The van der Waals surface area contributed by atoms with E-state index >= 15 is 0 Å². The van der Waals surface area contributed by atoms with Crippen LogP contribution in [0.5, 0.6) is 5.75 Å². The van der Waals surface area contributed by atoms with Crippen molar-refractivity contribution in [3.63, 3.8) is 0 Å². The second kappa shape index (κ2) is 4.62. The molecule has 0 fully saturated rings. The third-order valence-corrected chi connectivity index (χ3v) is 3.64. The molecule has 1 aliphatic heterocycles. The molecule has 4 nitrogen and oxygen atoms in total. The lowest BCUT2D eigenvalue weighted by Crippen LogP contribution is -2.24. The SMILES string of the molecule is O=P1(Oc2ccccc2)NCC=CCN1. The predicted octanol–water partition coefficient (Wildman–Crippen LogP) is 1.92. The van der Waals surface area contributed by atoms with Crippen LogP contribution in [0.15, 0.2) is 42.5 Å². The van der Waals surface area contributed by atoms with E-state index in [-0.39, 0.29) is 0 Å². The zero-order valence-corrected chi connectivity index (χ0v) is 9.11. The highest BCUT2D eigenvalue weighted by Gasteiger charge is 2.23. The lowest BCUT2D eigenvalue weighted by Gasteiger charge is -2.18. The van der Waals surface area contributed by atoms with Gasteiger partial charge in [-0.25, -0.2) is 14.7 Å². The Labute approximate surface area is 88.9 Å². The first-order valence-electron chi connectivity index (χ1n) is 4.78. The fraction of sp³-hybridized carbons (Fsp3) is 0.200. The molecule has 15 heavy (non-hydrogen) atoms. The van der Waals surface area contributed by atoms with E-state index in [0.29, 0.717) is 18.8 Å². The van der Waals surface area contributed by atoms with Crippen molar-refractivity contribution in [2.75, 3.05) is 13.1 Å². The zero-order chi connectivity index (χ0) is 10.6. The van der Waals surface area contributed by atoms with E-state index in [1.807, 2.05) is 30.4 Å². The first-order valence-corrected chi connectivity index (χ1v) is 6.41. The van der Waals surface area contributed by atoms with Crippen LogP contribution >= 0.6 is 7.67 Å². The van der Waals surface area contributed by atoms with Gasteiger partial charge in [-0.05, 0) is 12.1 Å². The molecule has 1 aromatic carbocycles. The minimum Gasteiger partial charge on any atom is -0.422 e. The molecule has 0 atom stereocenters. The normalized spacial score (nSPS) is 19.5. The number of para-hydroxylation sites is 1. The Balaban J connectivity index is 2.07. The summed E-state index contributed by atoms with van der Waals surface area (Å²) in [6, 6.07) is 9.13. The van der Waals surface area contributed by atoms with E-state index in [4.69, 9.17) is 4.52 Å². The van der Waals surface area contributed by atoms with Crippen molar-refractivity contribution in [1.82, 2.24) is 10.2 Å². The molecule has 0 aromatic heterocycles. The molecule has 0 amide bonds. The molecule has 5 heteroatoms. The molecule has 0 saturated heterocycles. The minimum absolute atomic E-state index is 0.553. The van der Waals surface area contributed by atoms with E-state index in [1.165, 1.54) is 0 Å². The molecule has 0 spiro atoms. The van der Waals surface area contributed by atoms with Crippen LogP contribution in [0.3, 0.4) is 0 Å². The third-order valence-electron chi connectivity index (χ3n) is 1.98. The summed E-state index contributed by atoms with van der Waals surface area (Å²) < 4.78 is 17.6. The molecule has 0 aliphatic carbocycles. The molecular formula is C10H13N2O2P. The van der Waals surface area contributed by atoms with Gasteiger partial charge in [0.2, 0.25) is 0 Å². The van der Waals surface area contributed by atoms with Crippen LogP contribution < -0.4 is 14.7 Å². The largest absolute Gasteiger partial charge is 0.422 e. The first-order chi connectivity index (χ1) is 7.29. The van der Waals surface area contributed by atoms with Gasteiger partial charge in [0, 0.05) is 13.1 Å². The van der Waals surface area contributed by atoms with E-state index < -0.39 is 7.67 Å². The molecule has 2 rings (SSSR count). The van der Waals surface area contributed by atoms with E-state index in [1.54, 1.807) is 12.1 Å². The standard InChI is InChI=1S/C10H13N2O2P/c13-15(11-8-4-5-9-12-15)14-10-6-2-1-3-7-10/h1-7H,8-9H2,(H2,11,12,13). The smallest absolute Gasteiger partial charge is 0.391 e. The molecule has 2 N–H and O–H groups in total. The summed E-state index contributed by atoms with van der Waals surface area (Å²) in [4.78, 5) is 0. The summed E-state index contributed by atoms with van der Waals surface area (Å²) in [5.41, 5.74) is 0. The Morgan fingerprint density at radius 2 is 1.67 bits per heavy atom. The van der Waals surface area contributed by atoms with Gasteiger partial charge in [-0.3, -0.25) is 0 Å². The molecule has 0 unspecified atom stereocenters. The third kappa shape index (κ3) is 2.93. The summed E-state index contributed by atoms with van der Waals surface area (Å²) in [6.45, 7) is 1.11. The summed E-state index contributed by atoms with van der Waals surface area (Å²) in [6.07, 6.45) is 3.84. The fourth-order valence-electron chi connectivity index (χ4n) is 1.26. The highest BCUT2D eigenvalue weighted by Crippen LogP contribution is 2.38. The number of rotatable bonds is 2. The lowest BCUT2D eigenvalue weighted by molar-refractivity contribution is 0.459. The van der Waals surface area contributed by atoms with Gasteiger partial charge in [0.25, 0.3) is 0 Å². The lowest BCUT2D eigenvalue weighted by atomic mass is 10.3. The number of hydrogen-bond donors (Lipinski definition) is 2. The highest BCUT2D eigenvalue weighted by molar-refractivity contribution is 7.55. The van der Waals surface area contributed by atoms with Gasteiger partial charge in [-0.2, -0.15) is 0 Å². The maximum absolute atomic E-state index is 12.1. The Bertz CT molecular complexity index is 378. The Hall–Kier alpha value is -1.09. The molecule has 1 aromatic rings. The Morgan fingerprint density at radius 3 is 2.27 bits per heavy atom. The summed E-state index contributed by atoms with van der Waals surface area (Å²) in [5, 5.41) is 5.68. The van der Waals surface area contributed by atoms with Crippen LogP contribution in [-0.4, -0.2) is 13.1 Å². The fourth-order valence-corrected chi connectivity index (χ4v) is 2.61. The number of nitrogens with one attached hydrogen (secondary N) is 2. The van der Waals surface area contributed by atoms with E-state index in [2.05, 4.69) is 10.2 Å². The maximum atomic E-state index is 12.1. The van der Waals surface area contributed by atoms with Crippen molar-refractivity contribution in [3.05, 3.63) is 42.5 Å². The highest BCUT2D eigenvalue weighted by atomic mass is 31.2. The van der Waals surface area contributed by atoms with Crippen molar-refractivity contribution >= 4 is 7.67 Å². The Morgan fingerprint density at radius 1 is 1.07 bits per heavy atom. The Kier molecular flexibility index (Phi) is 3.21. The van der Waals surface area contributed by atoms with Gasteiger partial charge in [-0.15, -0.1) is 0 Å². The average molecular weight is 224 g/mol. The van der Waals surface area contributed by atoms with Gasteiger partial charge in [0.1, 0.15) is 5.75 Å². The quantitative estimate of drug-likeness (QED) is 0.595. The van der Waals surface area contributed by atoms with E-state index in [9.17, 15) is 4.57 Å². The van der Waals surface area contributed by atoms with Crippen LogP contribution in [0.2, 0.25) is 0 Å². The molecule has 0 saturated carbocycles. The van der Waals surface area contributed by atoms with Crippen LogP contribution in [0.25, 0.3) is 0 Å². The van der Waals surface area contributed by atoms with Gasteiger partial charge >= 0.3 is 7.67 Å². The van der Waals surface area contributed by atoms with Crippen LogP contribution in [-0.2, 0) is 4.57 Å². The maximum Gasteiger partial charge on any atom is 0.391 e.